The van der Waals surface area contributed by atoms with E-state index in [1.807, 2.05) is 24.3 Å². The minimum atomic E-state index is -0.0748. The van der Waals surface area contributed by atoms with Gasteiger partial charge in [-0.1, -0.05) is 60.7 Å². The smallest absolute Gasteiger partial charge is 0.222 e. The molecule has 0 bridgehead atoms. The van der Waals surface area contributed by atoms with Gasteiger partial charge in [-0.05, 0) is 24.0 Å². The lowest BCUT2D eigenvalue weighted by molar-refractivity contribution is -0.132. The minimum Gasteiger partial charge on any atom is -0.356 e. The van der Waals surface area contributed by atoms with E-state index < -0.39 is 0 Å². The van der Waals surface area contributed by atoms with Gasteiger partial charge in [0.05, 0.1) is 11.1 Å². The summed E-state index contributed by atoms with van der Waals surface area (Å²) in [6.45, 7) is 1.23. The summed E-state index contributed by atoms with van der Waals surface area (Å²) in [5.41, 5.74) is 2.52. The Morgan fingerprint density at radius 3 is 2.39 bits per heavy atom. The molecule has 31 heavy (non-hydrogen) atoms. The van der Waals surface area contributed by atoms with Crippen molar-refractivity contribution in [2.75, 3.05) is 25.9 Å². The molecule has 164 valence electrons. The number of hydrogen-bond donors (Lipinski definition) is 1. The lowest BCUT2D eigenvalue weighted by Gasteiger charge is -2.17. The van der Waals surface area contributed by atoms with Crippen LogP contribution in [0.25, 0.3) is 0 Å². The number of aliphatic imine (C=N–C) groups is 1. The fourth-order valence-electron chi connectivity index (χ4n) is 3.47. The molecular formula is C25H31N3O2S. The second-order valence-electron chi connectivity index (χ2n) is 7.83. The largest absolute Gasteiger partial charge is 0.356 e. The van der Waals surface area contributed by atoms with Crippen molar-refractivity contribution in [3.63, 3.8) is 0 Å². The maximum atomic E-state index is 12.3. The Hall–Kier alpha value is -2.60. The van der Waals surface area contributed by atoms with Crippen LogP contribution in [0.4, 0.5) is 0 Å². The molecule has 2 aromatic carbocycles. The first-order valence-corrected chi connectivity index (χ1v) is 11.9. The van der Waals surface area contributed by atoms with E-state index >= 15 is 0 Å². The van der Waals surface area contributed by atoms with Gasteiger partial charge < -0.3 is 10.2 Å². The average molecular weight is 438 g/mol. The van der Waals surface area contributed by atoms with Crippen molar-refractivity contribution >= 4 is 28.6 Å². The molecule has 1 atom stereocenters. The van der Waals surface area contributed by atoms with Crippen molar-refractivity contribution in [1.82, 2.24) is 10.2 Å². The van der Waals surface area contributed by atoms with E-state index in [1.165, 1.54) is 11.1 Å². The van der Waals surface area contributed by atoms with Gasteiger partial charge in [-0.3, -0.25) is 14.6 Å². The average Bonchev–Trinajstić information content (AvgIpc) is 3.24. The quantitative estimate of drug-likeness (QED) is 0.583. The molecule has 0 aliphatic carbocycles. The van der Waals surface area contributed by atoms with Crippen LogP contribution in [-0.4, -0.2) is 53.7 Å². The number of nitrogens with one attached hydrogen (secondary N) is 1. The van der Waals surface area contributed by atoms with Gasteiger partial charge in [-0.25, -0.2) is 0 Å². The van der Waals surface area contributed by atoms with E-state index in [-0.39, 0.29) is 24.7 Å². The van der Waals surface area contributed by atoms with Crippen LogP contribution < -0.4 is 5.32 Å². The zero-order chi connectivity index (χ0) is 21.9. The summed E-state index contributed by atoms with van der Waals surface area (Å²) in [4.78, 5) is 30.9. The Bertz CT molecular complexity index is 871. The van der Waals surface area contributed by atoms with Crippen molar-refractivity contribution in [2.45, 2.75) is 38.1 Å². The SMILES string of the molecule is CN(CCc1ccccc1)C(=O)CCC(=O)NCCC1=NC(Cc2ccccc2)CS1. The predicted molar refractivity (Wildman–Crippen MR) is 128 cm³/mol. The van der Waals surface area contributed by atoms with Crippen LogP contribution in [0.1, 0.15) is 30.4 Å². The monoisotopic (exact) mass is 437 g/mol. The number of nitrogens with zero attached hydrogens (tertiary/aromatic N) is 2. The van der Waals surface area contributed by atoms with Gasteiger partial charge in [0.15, 0.2) is 0 Å². The van der Waals surface area contributed by atoms with E-state index in [9.17, 15) is 9.59 Å². The van der Waals surface area contributed by atoms with E-state index in [0.717, 1.165) is 30.1 Å². The van der Waals surface area contributed by atoms with Crippen LogP contribution >= 0.6 is 11.8 Å². The highest BCUT2D eigenvalue weighted by Crippen LogP contribution is 2.22. The molecule has 0 saturated heterocycles. The van der Waals surface area contributed by atoms with Crippen LogP contribution in [0.5, 0.6) is 0 Å². The number of benzene rings is 2. The Morgan fingerprint density at radius 2 is 1.68 bits per heavy atom. The topological polar surface area (TPSA) is 61.8 Å². The van der Waals surface area contributed by atoms with Crippen molar-refractivity contribution in [3.05, 3.63) is 71.8 Å². The summed E-state index contributed by atoms with van der Waals surface area (Å²) in [7, 11) is 1.80. The molecule has 3 rings (SSSR count). The van der Waals surface area contributed by atoms with Gasteiger partial charge in [0.25, 0.3) is 0 Å². The van der Waals surface area contributed by atoms with Crippen LogP contribution in [0.15, 0.2) is 65.7 Å². The Balaban J connectivity index is 1.28. The van der Waals surface area contributed by atoms with Crippen molar-refractivity contribution in [1.29, 1.82) is 0 Å². The molecule has 1 heterocycles. The molecule has 5 nitrogen and oxygen atoms in total. The normalized spacial score (nSPS) is 15.4. The molecule has 1 aliphatic rings. The van der Waals surface area contributed by atoms with Crippen molar-refractivity contribution < 1.29 is 9.59 Å². The van der Waals surface area contributed by atoms with Gasteiger partial charge >= 0.3 is 0 Å². The van der Waals surface area contributed by atoms with Gasteiger partial charge in [-0.2, -0.15) is 0 Å². The molecule has 1 N–H and O–H groups in total. The van der Waals surface area contributed by atoms with E-state index in [0.29, 0.717) is 19.1 Å². The number of carbonyl (C=O) groups is 2. The summed E-state index contributed by atoms with van der Waals surface area (Å²) in [6, 6.07) is 20.8. The molecule has 1 aliphatic heterocycles. The van der Waals surface area contributed by atoms with Crippen molar-refractivity contribution in [3.8, 4) is 0 Å². The first kappa shape index (κ1) is 23.1. The molecule has 2 aromatic rings. The molecule has 1 unspecified atom stereocenters. The first-order chi connectivity index (χ1) is 15.1. The van der Waals surface area contributed by atoms with E-state index in [2.05, 4.69) is 41.7 Å². The highest BCUT2D eigenvalue weighted by Gasteiger charge is 2.18. The second-order valence-corrected chi connectivity index (χ2v) is 8.92. The molecule has 0 spiro atoms. The maximum absolute atomic E-state index is 12.3. The van der Waals surface area contributed by atoms with Crippen LogP contribution in [0, 0.1) is 0 Å². The van der Waals surface area contributed by atoms with E-state index in [1.54, 1.807) is 23.7 Å². The molecule has 0 radical (unpaired) electrons. The third kappa shape index (κ3) is 8.21. The number of carbonyl (C=O) groups excluding carboxylic acids is 2. The lowest BCUT2D eigenvalue weighted by atomic mass is 10.1. The second kappa shape index (κ2) is 12.3. The number of amides is 2. The fraction of sp³-hybridized carbons (Fsp3) is 0.400. The lowest BCUT2D eigenvalue weighted by Crippen LogP contribution is -2.31. The summed E-state index contributed by atoms with van der Waals surface area (Å²) < 4.78 is 0. The molecular weight excluding hydrogens is 406 g/mol. The minimum absolute atomic E-state index is 0.00515. The molecule has 0 saturated carbocycles. The number of likely N-dealkylation sites (N-methyl/N-ethyl adjacent to an activating group) is 1. The summed E-state index contributed by atoms with van der Waals surface area (Å²) >= 11 is 1.79. The van der Waals surface area contributed by atoms with Gasteiger partial charge in [0, 0.05) is 45.2 Å². The third-order valence-corrected chi connectivity index (χ3v) is 6.51. The van der Waals surface area contributed by atoms with E-state index in [4.69, 9.17) is 4.99 Å². The zero-order valence-corrected chi connectivity index (χ0v) is 18.9. The highest BCUT2D eigenvalue weighted by molar-refractivity contribution is 8.14. The summed E-state index contributed by atoms with van der Waals surface area (Å²) in [5.74, 6) is 0.932. The number of hydrogen-bond acceptors (Lipinski definition) is 4. The highest BCUT2D eigenvalue weighted by atomic mass is 32.2. The maximum Gasteiger partial charge on any atom is 0.222 e. The van der Waals surface area contributed by atoms with Crippen LogP contribution in [0.2, 0.25) is 0 Å². The number of rotatable bonds is 11. The first-order valence-electron chi connectivity index (χ1n) is 10.9. The standard InChI is InChI=1S/C25H31N3O2S/c1-28(17-15-20-8-4-2-5-9-20)25(30)13-12-23(29)26-16-14-24-27-22(19-31-24)18-21-10-6-3-7-11-21/h2-11,22H,12-19H2,1H3,(H,26,29). The predicted octanol–water partition coefficient (Wildman–Crippen LogP) is 3.73. The molecule has 2 amide bonds. The van der Waals surface area contributed by atoms with Crippen LogP contribution in [-0.2, 0) is 22.4 Å². The van der Waals surface area contributed by atoms with Crippen LogP contribution in [0.3, 0.4) is 0 Å². The van der Waals surface area contributed by atoms with Gasteiger partial charge in [0.1, 0.15) is 0 Å². The molecule has 0 aromatic heterocycles. The Labute approximate surface area is 189 Å². The Kier molecular flexibility index (Phi) is 9.16. The van der Waals surface area contributed by atoms with Crippen molar-refractivity contribution in [2.24, 2.45) is 4.99 Å². The zero-order valence-electron chi connectivity index (χ0n) is 18.1. The summed E-state index contributed by atoms with van der Waals surface area (Å²) in [6.07, 6.45) is 3.01. The summed E-state index contributed by atoms with van der Waals surface area (Å²) in [5, 5.41) is 4.03. The Morgan fingerprint density at radius 1 is 1.00 bits per heavy atom. The third-order valence-electron chi connectivity index (χ3n) is 5.31. The van der Waals surface area contributed by atoms with Gasteiger partial charge in [-0.15, -0.1) is 11.8 Å². The van der Waals surface area contributed by atoms with Gasteiger partial charge in [0.2, 0.25) is 11.8 Å². The fourth-order valence-corrected chi connectivity index (χ4v) is 4.52. The number of thioether (sulfide) groups is 1. The molecule has 6 heteroatoms. The molecule has 0 fully saturated rings.